The van der Waals surface area contributed by atoms with Crippen molar-refractivity contribution in [2.24, 2.45) is 0 Å². The second kappa shape index (κ2) is 6.94. The molecule has 128 valence electrons. The van der Waals surface area contributed by atoms with Gasteiger partial charge in [0.1, 0.15) is 11.5 Å². The van der Waals surface area contributed by atoms with Crippen LogP contribution < -0.4 is 4.74 Å². The first kappa shape index (κ1) is 18.5. The minimum atomic E-state index is -3.34. The largest absolute Gasteiger partial charge is 0.465 e. The van der Waals surface area contributed by atoms with Gasteiger partial charge in [-0.1, -0.05) is 0 Å². The number of benzene rings is 2. The van der Waals surface area contributed by atoms with Crippen molar-refractivity contribution in [2.45, 2.75) is 18.7 Å². The van der Waals surface area contributed by atoms with Crippen LogP contribution in [0.3, 0.4) is 0 Å². The Kier molecular flexibility index (Phi) is 5.35. The molecule has 0 aliphatic heterocycles. The number of methoxy groups -OCH3 is 1. The Labute approximate surface area is 149 Å². The van der Waals surface area contributed by atoms with Crippen molar-refractivity contribution < 1.29 is 22.7 Å². The Morgan fingerprint density at radius 1 is 1.12 bits per heavy atom. The molecule has 0 radical (unpaired) electrons. The molecule has 0 unspecified atom stereocenters. The first-order chi connectivity index (χ1) is 11.1. The SMILES string of the molecule is COC(=O)c1ccc(Oc2c(C)cc(S(C)(=O)=O)c(Br)c2C)cc1. The summed E-state index contributed by atoms with van der Waals surface area (Å²) >= 11 is 3.33. The maximum atomic E-state index is 11.8. The van der Waals surface area contributed by atoms with Gasteiger partial charge < -0.3 is 9.47 Å². The van der Waals surface area contributed by atoms with Crippen LogP contribution in [-0.2, 0) is 14.6 Å². The van der Waals surface area contributed by atoms with Gasteiger partial charge in [0.15, 0.2) is 9.84 Å². The number of hydrogen-bond donors (Lipinski definition) is 0. The van der Waals surface area contributed by atoms with Gasteiger partial charge in [0.25, 0.3) is 0 Å². The molecule has 0 aliphatic carbocycles. The van der Waals surface area contributed by atoms with Crippen LogP contribution in [0.5, 0.6) is 11.5 Å². The minimum Gasteiger partial charge on any atom is -0.465 e. The molecule has 2 rings (SSSR count). The van der Waals surface area contributed by atoms with Crippen molar-refractivity contribution in [2.75, 3.05) is 13.4 Å². The normalized spacial score (nSPS) is 11.2. The summed E-state index contributed by atoms with van der Waals surface area (Å²) in [6.07, 6.45) is 1.16. The molecule has 0 fully saturated rings. The third kappa shape index (κ3) is 3.79. The lowest BCUT2D eigenvalue weighted by atomic mass is 10.1. The number of ether oxygens (including phenoxy) is 2. The van der Waals surface area contributed by atoms with E-state index in [-0.39, 0.29) is 4.90 Å². The molecule has 0 atom stereocenters. The van der Waals surface area contributed by atoms with Gasteiger partial charge in [0, 0.05) is 16.3 Å². The summed E-state index contributed by atoms with van der Waals surface area (Å²) in [5.74, 6) is 0.683. The van der Waals surface area contributed by atoms with Gasteiger partial charge >= 0.3 is 5.97 Å². The summed E-state index contributed by atoms with van der Waals surface area (Å²) < 4.78 is 34.7. The lowest BCUT2D eigenvalue weighted by Gasteiger charge is -2.16. The lowest BCUT2D eigenvalue weighted by molar-refractivity contribution is 0.0600. The predicted molar refractivity (Wildman–Crippen MR) is 94.6 cm³/mol. The van der Waals surface area contributed by atoms with Gasteiger partial charge in [-0.05, 0) is 65.7 Å². The van der Waals surface area contributed by atoms with Gasteiger partial charge in [0.05, 0.1) is 17.6 Å². The maximum absolute atomic E-state index is 11.8. The summed E-state index contributed by atoms with van der Waals surface area (Å²) in [6, 6.07) is 8.09. The van der Waals surface area contributed by atoms with Crippen LogP contribution in [0, 0.1) is 13.8 Å². The first-order valence-electron chi connectivity index (χ1n) is 7.01. The van der Waals surface area contributed by atoms with Crippen LogP contribution in [0.15, 0.2) is 39.7 Å². The molecule has 0 amide bonds. The van der Waals surface area contributed by atoms with Crippen LogP contribution in [-0.4, -0.2) is 27.8 Å². The average molecular weight is 413 g/mol. The Bertz CT molecular complexity index is 886. The molecule has 24 heavy (non-hydrogen) atoms. The van der Waals surface area contributed by atoms with Crippen molar-refractivity contribution in [1.29, 1.82) is 0 Å². The van der Waals surface area contributed by atoms with E-state index in [1.54, 1.807) is 44.2 Å². The molecular formula is C17H17BrO5S. The fraction of sp³-hybridized carbons (Fsp3) is 0.235. The Morgan fingerprint density at radius 3 is 2.21 bits per heavy atom. The zero-order chi connectivity index (χ0) is 18.1. The second-order valence-corrected chi connectivity index (χ2v) is 8.13. The number of sulfone groups is 1. The van der Waals surface area contributed by atoms with Crippen LogP contribution in [0.2, 0.25) is 0 Å². The van der Waals surface area contributed by atoms with Crippen molar-refractivity contribution >= 4 is 31.7 Å². The highest BCUT2D eigenvalue weighted by atomic mass is 79.9. The molecule has 2 aromatic rings. The topological polar surface area (TPSA) is 69.7 Å². The van der Waals surface area contributed by atoms with E-state index in [9.17, 15) is 13.2 Å². The standard InChI is InChI=1S/C17H17BrO5S/c1-10-9-14(24(4,20)21)15(18)11(2)16(10)23-13-7-5-12(6-8-13)17(19)22-3/h5-9H,1-4H3. The summed E-state index contributed by atoms with van der Waals surface area (Å²) in [5.41, 5.74) is 1.81. The Morgan fingerprint density at radius 2 is 1.71 bits per heavy atom. The van der Waals surface area contributed by atoms with E-state index < -0.39 is 15.8 Å². The summed E-state index contributed by atoms with van der Waals surface area (Å²) in [7, 11) is -2.02. The number of aryl methyl sites for hydroxylation is 1. The molecular weight excluding hydrogens is 396 g/mol. The number of halogens is 1. The van der Waals surface area contributed by atoms with E-state index in [4.69, 9.17) is 4.74 Å². The van der Waals surface area contributed by atoms with Gasteiger partial charge in [-0.2, -0.15) is 0 Å². The van der Waals surface area contributed by atoms with E-state index in [1.807, 2.05) is 0 Å². The monoisotopic (exact) mass is 412 g/mol. The van der Waals surface area contributed by atoms with Crippen molar-refractivity contribution in [3.8, 4) is 11.5 Å². The molecule has 0 saturated carbocycles. The van der Waals surface area contributed by atoms with E-state index in [0.717, 1.165) is 6.26 Å². The zero-order valence-electron chi connectivity index (χ0n) is 13.7. The third-order valence-electron chi connectivity index (χ3n) is 3.49. The molecule has 0 N–H and O–H groups in total. The smallest absolute Gasteiger partial charge is 0.337 e. The predicted octanol–water partition coefficient (Wildman–Crippen LogP) is 4.05. The van der Waals surface area contributed by atoms with Crippen molar-refractivity contribution in [3.05, 3.63) is 51.5 Å². The number of carbonyl (C=O) groups excluding carboxylic acids is 1. The zero-order valence-corrected chi connectivity index (χ0v) is 16.1. The Hall–Kier alpha value is -1.86. The highest BCUT2D eigenvalue weighted by Gasteiger charge is 2.19. The van der Waals surface area contributed by atoms with E-state index >= 15 is 0 Å². The first-order valence-corrected chi connectivity index (χ1v) is 9.69. The highest BCUT2D eigenvalue weighted by molar-refractivity contribution is 9.10. The van der Waals surface area contributed by atoms with Crippen LogP contribution in [0.1, 0.15) is 21.5 Å². The molecule has 0 aromatic heterocycles. The molecule has 5 nitrogen and oxygen atoms in total. The van der Waals surface area contributed by atoms with Crippen LogP contribution >= 0.6 is 15.9 Å². The van der Waals surface area contributed by atoms with E-state index in [0.29, 0.717) is 32.7 Å². The van der Waals surface area contributed by atoms with Gasteiger partial charge in [-0.15, -0.1) is 0 Å². The minimum absolute atomic E-state index is 0.228. The lowest BCUT2D eigenvalue weighted by Crippen LogP contribution is -2.03. The maximum Gasteiger partial charge on any atom is 0.337 e. The van der Waals surface area contributed by atoms with Crippen LogP contribution in [0.4, 0.5) is 0 Å². The number of hydrogen-bond acceptors (Lipinski definition) is 5. The molecule has 2 aromatic carbocycles. The molecule has 0 heterocycles. The summed E-state index contributed by atoms with van der Waals surface area (Å²) in [4.78, 5) is 11.7. The molecule has 0 saturated heterocycles. The van der Waals surface area contributed by atoms with E-state index in [1.165, 1.54) is 7.11 Å². The average Bonchev–Trinajstić information content (AvgIpc) is 2.53. The third-order valence-corrected chi connectivity index (χ3v) is 5.89. The Balaban J connectivity index is 2.40. The number of esters is 1. The summed E-state index contributed by atoms with van der Waals surface area (Å²) in [5, 5.41) is 0. The highest BCUT2D eigenvalue weighted by Crippen LogP contribution is 2.37. The van der Waals surface area contributed by atoms with Crippen molar-refractivity contribution in [3.63, 3.8) is 0 Å². The van der Waals surface area contributed by atoms with E-state index in [2.05, 4.69) is 20.7 Å². The van der Waals surface area contributed by atoms with Gasteiger partial charge in [-0.25, -0.2) is 13.2 Å². The quantitative estimate of drug-likeness (QED) is 0.708. The molecule has 0 bridgehead atoms. The molecule has 7 heteroatoms. The van der Waals surface area contributed by atoms with Crippen LogP contribution in [0.25, 0.3) is 0 Å². The van der Waals surface area contributed by atoms with Gasteiger partial charge in [-0.3, -0.25) is 0 Å². The number of carbonyl (C=O) groups is 1. The summed E-state index contributed by atoms with van der Waals surface area (Å²) in [6.45, 7) is 3.57. The molecule has 0 aliphatic rings. The second-order valence-electron chi connectivity index (χ2n) is 5.35. The number of rotatable bonds is 4. The fourth-order valence-corrected chi connectivity index (χ4v) is 4.27. The fourth-order valence-electron chi connectivity index (χ4n) is 2.23. The molecule has 0 spiro atoms. The van der Waals surface area contributed by atoms with Gasteiger partial charge in [0.2, 0.25) is 0 Å². The van der Waals surface area contributed by atoms with Crippen molar-refractivity contribution in [1.82, 2.24) is 0 Å².